The van der Waals surface area contributed by atoms with E-state index in [1.165, 1.54) is 0 Å². The zero-order chi connectivity index (χ0) is 21.0. The van der Waals surface area contributed by atoms with Crippen LogP contribution in [0.1, 0.15) is 38.3 Å². The van der Waals surface area contributed by atoms with Gasteiger partial charge in [0.1, 0.15) is 0 Å². The van der Waals surface area contributed by atoms with Crippen LogP contribution in [0, 0.1) is 0 Å². The molecule has 154 valence electrons. The summed E-state index contributed by atoms with van der Waals surface area (Å²) in [6.45, 7) is 5.59. The standard InChI is InChI=1S/C23H29N3O3/c1-5-19(24-4)22(27)26-20-9-7-6-8-16(20)10-11-17-12-13-18(14-21(17)26)25-23(28)29-15(2)3/h6-9,12-15,19,24H,5,10-11H2,1-4H3,(H,25,28). The highest BCUT2D eigenvalue weighted by Crippen LogP contribution is 2.38. The van der Waals surface area contributed by atoms with E-state index in [0.29, 0.717) is 12.1 Å². The van der Waals surface area contributed by atoms with Crippen LogP contribution in [0.2, 0.25) is 0 Å². The monoisotopic (exact) mass is 395 g/mol. The summed E-state index contributed by atoms with van der Waals surface area (Å²) >= 11 is 0. The Morgan fingerprint density at radius 1 is 1.07 bits per heavy atom. The van der Waals surface area contributed by atoms with Crippen molar-refractivity contribution in [3.05, 3.63) is 53.6 Å². The fourth-order valence-corrected chi connectivity index (χ4v) is 3.66. The van der Waals surface area contributed by atoms with Crippen LogP contribution < -0.4 is 15.5 Å². The van der Waals surface area contributed by atoms with Crippen LogP contribution in [0.25, 0.3) is 0 Å². The summed E-state index contributed by atoms with van der Waals surface area (Å²) in [7, 11) is 1.80. The minimum absolute atomic E-state index is 0.00694. The van der Waals surface area contributed by atoms with Gasteiger partial charge in [-0.05, 0) is 69.5 Å². The summed E-state index contributed by atoms with van der Waals surface area (Å²) in [5.41, 5.74) is 4.51. The number of hydrogen-bond acceptors (Lipinski definition) is 4. The molecule has 2 aromatic rings. The molecule has 1 aliphatic heterocycles. The van der Waals surface area contributed by atoms with Crippen LogP contribution in [0.15, 0.2) is 42.5 Å². The van der Waals surface area contributed by atoms with Gasteiger partial charge in [-0.15, -0.1) is 0 Å². The van der Waals surface area contributed by atoms with Crippen LogP contribution in [-0.2, 0) is 22.4 Å². The summed E-state index contributed by atoms with van der Waals surface area (Å²) < 4.78 is 5.19. The highest BCUT2D eigenvalue weighted by molar-refractivity contribution is 6.05. The highest BCUT2D eigenvalue weighted by atomic mass is 16.6. The maximum atomic E-state index is 13.5. The van der Waals surface area contributed by atoms with Crippen molar-refractivity contribution < 1.29 is 14.3 Å². The number of ether oxygens (including phenoxy) is 1. The van der Waals surface area contributed by atoms with Gasteiger partial charge in [-0.2, -0.15) is 0 Å². The second kappa shape index (κ2) is 9.09. The van der Waals surface area contributed by atoms with E-state index in [1.807, 2.05) is 43.3 Å². The van der Waals surface area contributed by atoms with E-state index < -0.39 is 6.09 Å². The first kappa shape index (κ1) is 20.9. The number of nitrogens with zero attached hydrogens (tertiary/aromatic N) is 1. The van der Waals surface area contributed by atoms with Crippen LogP contribution >= 0.6 is 0 Å². The maximum Gasteiger partial charge on any atom is 0.411 e. The van der Waals surface area contributed by atoms with Crippen LogP contribution in [-0.4, -0.2) is 31.2 Å². The van der Waals surface area contributed by atoms with Crippen molar-refractivity contribution in [2.75, 3.05) is 17.3 Å². The Morgan fingerprint density at radius 2 is 1.76 bits per heavy atom. The molecule has 1 atom stereocenters. The second-order valence-electron chi connectivity index (χ2n) is 7.47. The molecule has 1 heterocycles. The first-order chi connectivity index (χ1) is 13.9. The smallest absolute Gasteiger partial charge is 0.411 e. The number of aryl methyl sites for hydroxylation is 2. The largest absolute Gasteiger partial charge is 0.447 e. The molecule has 3 rings (SSSR count). The van der Waals surface area contributed by atoms with Crippen molar-refractivity contribution in [3.63, 3.8) is 0 Å². The van der Waals surface area contributed by atoms with E-state index in [4.69, 9.17) is 4.74 Å². The Bertz CT molecular complexity index is 891. The molecule has 0 saturated heterocycles. The molecule has 0 spiro atoms. The van der Waals surface area contributed by atoms with E-state index in [2.05, 4.69) is 16.7 Å². The van der Waals surface area contributed by atoms with Gasteiger partial charge in [0, 0.05) is 5.69 Å². The lowest BCUT2D eigenvalue weighted by Crippen LogP contribution is -2.43. The van der Waals surface area contributed by atoms with Crippen LogP contribution in [0.3, 0.4) is 0 Å². The number of carbonyl (C=O) groups is 2. The lowest BCUT2D eigenvalue weighted by atomic mass is 10.0. The molecule has 29 heavy (non-hydrogen) atoms. The number of para-hydroxylation sites is 1. The average Bonchev–Trinajstić information content (AvgIpc) is 2.84. The third-order valence-corrected chi connectivity index (χ3v) is 5.09. The maximum absolute atomic E-state index is 13.5. The molecule has 0 aliphatic carbocycles. The second-order valence-corrected chi connectivity index (χ2v) is 7.47. The zero-order valence-corrected chi connectivity index (χ0v) is 17.5. The minimum Gasteiger partial charge on any atom is -0.447 e. The third kappa shape index (κ3) is 4.59. The van der Waals surface area contributed by atoms with Crippen molar-refractivity contribution in [2.45, 2.75) is 52.2 Å². The number of likely N-dealkylation sites (N-methyl/N-ethyl adjacent to an activating group) is 1. The van der Waals surface area contributed by atoms with Gasteiger partial charge in [0.2, 0.25) is 5.91 Å². The Hall–Kier alpha value is -2.86. The summed E-state index contributed by atoms with van der Waals surface area (Å²) in [6.07, 6.45) is 1.65. The number of rotatable bonds is 5. The normalized spacial score (nSPS) is 13.9. The number of benzene rings is 2. The number of amides is 2. The summed E-state index contributed by atoms with van der Waals surface area (Å²) in [5.74, 6) is -0.00694. The predicted octanol–water partition coefficient (Wildman–Crippen LogP) is 4.40. The number of anilines is 3. The van der Waals surface area contributed by atoms with E-state index in [0.717, 1.165) is 35.3 Å². The molecule has 2 amide bonds. The first-order valence-electron chi connectivity index (χ1n) is 10.1. The highest BCUT2D eigenvalue weighted by Gasteiger charge is 2.30. The van der Waals surface area contributed by atoms with Gasteiger partial charge < -0.3 is 10.1 Å². The summed E-state index contributed by atoms with van der Waals surface area (Å²) in [4.78, 5) is 27.3. The average molecular weight is 396 g/mol. The summed E-state index contributed by atoms with van der Waals surface area (Å²) in [5, 5.41) is 5.89. The number of carbonyl (C=O) groups excluding carboxylic acids is 2. The van der Waals surface area contributed by atoms with Crippen molar-refractivity contribution in [1.82, 2.24) is 5.32 Å². The fraction of sp³-hybridized carbons (Fsp3) is 0.391. The topological polar surface area (TPSA) is 70.7 Å². The molecule has 1 unspecified atom stereocenters. The molecule has 2 N–H and O–H groups in total. The van der Waals surface area contributed by atoms with Crippen LogP contribution in [0.4, 0.5) is 21.9 Å². The molecule has 0 bridgehead atoms. The van der Waals surface area contributed by atoms with E-state index in [9.17, 15) is 9.59 Å². The van der Waals surface area contributed by atoms with Gasteiger partial charge >= 0.3 is 6.09 Å². The van der Waals surface area contributed by atoms with Crippen molar-refractivity contribution in [3.8, 4) is 0 Å². The number of hydrogen-bond donors (Lipinski definition) is 2. The van der Waals surface area contributed by atoms with E-state index in [-0.39, 0.29) is 18.1 Å². The zero-order valence-electron chi connectivity index (χ0n) is 17.5. The lowest BCUT2D eigenvalue weighted by molar-refractivity contribution is -0.119. The SMILES string of the molecule is CCC(NC)C(=O)N1c2ccccc2CCc2ccc(NC(=O)OC(C)C)cc21. The molecule has 6 nitrogen and oxygen atoms in total. The van der Waals surface area contributed by atoms with Gasteiger partial charge in [0.05, 0.1) is 23.5 Å². The molecular weight excluding hydrogens is 366 g/mol. The molecule has 0 saturated carbocycles. The molecule has 0 fully saturated rings. The number of nitrogens with one attached hydrogen (secondary N) is 2. The first-order valence-corrected chi connectivity index (χ1v) is 10.1. The Morgan fingerprint density at radius 3 is 2.41 bits per heavy atom. The molecular formula is C23H29N3O3. The third-order valence-electron chi connectivity index (χ3n) is 5.09. The Labute approximate surface area is 172 Å². The Kier molecular flexibility index (Phi) is 6.54. The predicted molar refractivity (Wildman–Crippen MR) is 116 cm³/mol. The van der Waals surface area contributed by atoms with Gasteiger partial charge in [-0.3, -0.25) is 15.0 Å². The van der Waals surface area contributed by atoms with Crippen LogP contribution in [0.5, 0.6) is 0 Å². The van der Waals surface area contributed by atoms with Gasteiger partial charge in [0.15, 0.2) is 0 Å². The van der Waals surface area contributed by atoms with Crippen molar-refractivity contribution in [2.24, 2.45) is 0 Å². The van der Waals surface area contributed by atoms with Gasteiger partial charge in [0.25, 0.3) is 0 Å². The molecule has 1 aliphatic rings. The Balaban J connectivity index is 2.06. The lowest BCUT2D eigenvalue weighted by Gasteiger charge is -2.29. The minimum atomic E-state index is -0.506. The molecule has 6 heteroatoms. The van der Waals surface area contributed by atoms with E-state index >= 15 is 0 Å². The van der Waals surface area contributed by atoms with Crippen molar-refractivity contribution in [1.29, 1.82) is 0 Å². The fourth-order valence-electron chi connectivity index (χ4n) is 3.66. The molecule has 2 aromatic carbocycles. The molecule has 0 radical (unpaired) electrons. The van der Waals surface area contributed by atoms with Crippen molar-refractivity contribution >= 4 is 29.1 Å². The van der Waals surface area contributed by atoms with E-state index in [1.54, 1.807) is 25.8 Å². The number of fused-ring (bicyclic) bond motifs is 2. The quantitative estimate of drug-likeness (QED) is 0.787. The van der Waals surface area contributed by atoms with Gasteiger partial charge in [-0.25, -0.2) is 4.79 Å². The summed E-state index contributed by atoms with van der Waals surface area (Å²) in [6, 6.07) is 13.4. The van der Waals surface area contributed by atoms with Gasteiger partial charge in [-0.1, -0.05) is 31.2 Å². The molecule has 0 aromatic heterocycles.